The summed E-state index contributed by atoms with van der Waals surface area (Å²) >= 11 is 1.65. The first-order chi connectivity index (χ1) is 8.65. The lowest BCUT2D eigenvalue weighted by molar-refractivity contribution is -0.123. The van der Waals surface area contributed by atoms with Gasteiger partial charge in [-0.15, -0.1) is 11.3 Å². The first kappa shape index (κ1) is 13.5. The topological polar surface area (TPSA) is 52.6 Å². The van der Waals surface area contributed by atoms with E-state index in [1.807, 2.05) is 29.3 Å². The Bertz CT molecular complexity index is 380. The smallest absolute Gasteiger partial charge is 0.234 e. The standard InChI is InChI=1S/C13H20N2O2S/c1-10(12-5-3-7-18-12)14-13(17)9-15-6-2-4-11(16)8-15/h3,5,7,10-11,16H,2,4,6,8-9H2,1H3,(H,14,17). The number of likely N-dealkylation sites (tertiary alicyclic amines) is 1. The number of amides is 1. The van der Waals surface area contributed by atoms with Crippen LogP contribution in [0.15, 0.2) is 17.5 Å². The number of nitrogens with zero attached hydrogens (tertiary/aromatic N) is 1. The van der Waals surface area contributed by atoms with Crippen LogP contribution in [0, 0.1) is 0 Å². The Kier molecular flexibility index (Phi) is 4.74. The van der Waals surface area contributed by atoms with E-state index in [1.165, 1.54) is 4.88 Å². The fraction of sp³-hybridized carbons (Fsp3) is 0.615. The number of carbonyl (C=O) groups excluding carboxylic acids is 1. The van der Waals surface area contributed by atoms with E-state index in [1.54, 1.807) is 11.3 Å². The van der Waals surface area contributed by atoms with Gasteiger partial charge in [-0.05, 0) is 37.8 Å². The first-order valence-corrected chi connectivity index (χ1v) is 7.26. The molecule has 1 aromatic rings. The number of hydrogen-bond donors (Lipinski definition) is 2. The minimum atomic E-state index is -0.277. The summed E-state index contributed by atoms with van der Waals surface area (Å²) in [5.41, 5.74) is 0. The molecule has 0 aliphatic carbocycles. The van der Waals surface area contributed by atoms with Gasteiger partial charge in [-0.3, -0.25) is 9.69 Å². The maximum atomic E-state index is 11.9. The fourth-order valence-corrected chi connectivity index (χ4v) is 3.01. The second kappa shape index (κ2) is 6.31. The molecule has 0 radical (unpaired) electrons. The van der Waals surface area contributed by atoms with Gasteiger partial charge in [0.05, 0.1) is 18.7 Å². The van der Waals surface area contributed by atoms with E-state index in [2.05, 4.69) is 5.32 Å². The average Bonchev–Trinajstić information content (AvgIpc) is 2.81. The highest BCUT2D eigenvalue weighted by Crippen LogP contribution is 2.18. The maximum Gasteiger partial charge on any atom is 0.234 e. The van der Waals surface area contributed by atoms with E-state index in [0.717, 1.165) is 19.4 Å². The molecule has 0 spiro atoms. The summed E-state index contributed by atoms with van der Waals surface area (Å²) in [4.78, 5) is 15.1. The first-order valence-electron chi connectivity index (χ1n) is 6.38. The van der Waals surface area contributed by atoms with Crippen LogP contribution in [0.2, 0.25) is 0 Å². The average molecular weight is 268 g/mol. The van der Waals surface area contributed by atoms with Crippen molar-refractivity contribution < 1.29 is 9.90 Å². The number of nitrogens with one attached hydrogen (secondary N) is 1. The fourth-order valence-electron chi connectivity index (χ4n) is 2.27. The SMILES string of the molecule is CC(NC(=O)CN1CCCC(O)C1)c1cccs1. The highest BCUT2D eigenvalue weighted by atomic mass is 32.1. The number of thiophene rings is 1. The lowest BCUT2D eigenvalue weighted by Gasteiger charge is -2.29. The molecule has 1 aliphatic heterocycles. The Morgan fingerprint density at radius 1 is 1.72 bits per heavy atom. The van der Waals surface area contributed by atoms with E-state index < -0.39 is 0 Å². The van der Waals surface area contributed by atoms with Crippen molar-refractivity contribution in [2.45, 2.75) is 31.9 Å². The van der Waals surface area contributed by atoms with Crippen molar-refractivity contribution in [1.29, 1.82) is 0 Å². The molecule has 1 aliphatic rings. The summed E-state index contributed by atoms with van der Waals surface area (Å²) in [7, 11) is 0. The molecule has 4 nitrogen and oxygen atoms in total. The molecule has 5 heteroatoms. The third kappa shape index (κ3) is 3.80. The summed E-state index contributed by atoms with van der Waals surface area (Å²) in [5, 5.41) is 14.6. The number of rotatable bonds is 4. The van der Waals surface area contributed by atoms with Crippen LogP contribution >= 0.6 is 11.3 Å². The Hall–Kier alpha value is -0.910. The van der Waals surface area contributed by atoms with Crippen molar-refractivity contribution in [2.24, 2.45) is 0 Å². The third-order valence-corrected chi connectivity index (χ3v) is 4.25. The molecule has 1 saturated heterocycles. The molecule has 2 heterocycles. The molecule has 0 saturated carbocycles. The van der Waals surface area contributed by atoms with Crippen molar-refractivity contribution >= 4 is 17.2 Å². The Morgan fingerprint density at radius 2 is 2.56 bits per heavy atom. The van der Waals surface area contributed by atoms with Crippen molar-refractivity contribution in [3.05, 3.63) is 22.4 Å². The molecular weight excluding hydrogens is 248 g/mol. The van der Waals surface area contributed by atoms with Gasteiger partial charge < -0.3 is 10.4 Å². The Balaban J connectivity index is 1.78. The molecule has 1 fully saturated rings. The molecule has 2 rings (SSSR count). The van der Waals surface area contributed by atoms with E-state index >= 15 is 0 Å². The minimum Gasteiger partial charge on any atom is -0.392 e. The Labute approximate surface area is 112 Å². The van der Waals surface area contributed by atoms with Gasteiger partial charge in [-0.25, -0.2) is 0 Å². The van der Waals surface area contributed by atoms with Crippen LogP contribution in [0.5, 0.6) is 0 Å². The van der Waals surface area contributed by atoms with Gasteiger partial charge in [0.25, 0.3) is 0 Å². The van der Waals surface area contributed by atoms with E-state index in [-0.39, 0.29) is 18.1 Å². The largest absolute Gasteiger partial charge is 0.392 e. The van der Waals surface area contributed by atoms with Gasteiger partial charge in [-0.1, -0.05) is 6.07 Å². The summed E-state index contributed by atoms with van der Waals surface area (Å²) in [6.45, 7) is 3.89. The van der Waals surface area contributed by atoms with Crippen LogP contribution in [-0.4, -0.2) is 41.7 Å². The van der Waals surface area contributed by atoms with Crippen LogP contribution in [0.4, 0.5) is 0 Å². The number of piperidine rings is 1. The van der Waals surface area contributed by atoms with Gasteiger partial charge >= 0.3 is 0 Å². The molecule has 2 N–H and O–H groups in total. The number of aliphatic hydroxyl groups is 1. The van der Waals surface area contributed by atoms with Gasteiger partial charge in [0.2, 0.25) is 5.91 Å². The van der Waals surface area contributed by atoms with E-state index in [4.69, 9.17) is 0 Å². The lowest BCUT2D eigenvalue weighted by Crippen LogP contribution is -2.44. The van der Waals surface area contributed by atoms with Gasteiger partial charge in [0.15, 0.2) is 0 Å². The van der Waals surface area contributed by atoms with Crippen molar-refractivity contribution in [2.75, 3.05) is 19.6 Å². The van der Waals surface area contributed by atoms with Crippen molar-refractivity contribution in [3.63, 3.8) is 0 Å². The Morgan fingerprint density at radius 3 is 3.22 bits per heavy atom. The second-order valence-corrected chi connectivity index (χ2v) is 5.82. The highest BCUT2D eigenvalue weighted by Gasteiger charge is 2.20. The second-order valence-electron chi connectivity index (χ2n) is 4.84. The number of hydrogen-bond acceptors (Lipinski definition) is 4. The maximum absolute atomic E-state index is 11.9. The number of carbonyl (C=O) groups is 1. The molecule has 1 amide bonds. The zero-order valence-electron chi connectivity index (χ0n) is 10.6. The molecule has 0 bridgehead atoms. The van der Waals surface area contributed by atoms with Crippen LogP contribution in [0.3, 0.4) is 0 Å². The summed E-state index contributed by atoms with van der Waals surface area (Å²) in [6, 6.07) is 4.08. The monoisotopic (exact) mass is 268 g/mol. The van der Waals surface area contributed by atoms with Gasteiger partial charge in [0.1, 0.15) is 0 Å². The number of β-amino-alcohol motifs (C(OH)–C–C–N with tert-alkyl or cyclic N) is 1. The van der Waals surface area contributed by atoms with Crippen LogP contribution in [0.1, 0.15) is 30.7 Å². The minimum absolute atomic E-state index is 0.0324. The zero-order valence-corrected chi connectivity index (χ0v) is 11.4. The predicted octanol–water partition coefficient (Wildman–Crippen LogP) is 1.38. The quantitative estimate of drug-likeness (QED) is 0.867. The van der Waals surface area contributed by atoms with Crippen molar-refractivity contribution in [1.82, 2.24) is 10.2 Å². The predicted molar refractivity (Wildman–Crippen MR) is 72.6 cm³/mol. The molecule has 0 aromatic carbocycles. The molecule has 18 heavy (non-hydrogen) atoms. The molecule has 1 aromatic heterocycles. The van der Waals surface area contributed by atoms with Gasteiger partial charge in [-0.2, -0.15) is 0 Å². The highest BCUT2D eigenvalue weighted by molar-refractivity contribution is 7.10. The van der Waals surface area contributed by atoms with Crippen LogP contribution in [0.25, 0.3) is 0 Å². The van der Waals surface area contributed by atoms with Gasteiger partial charge in [0, 0.05) is 11.4 Å². The van der Waals surface area contributed by atoms with Crippen LogP contribution in [-0.2, 0) is 4.79 Å². The summed E-state index contributed by atoms with van der Waals surface area (Å²) in [5.74, 6) is 0.0324. The normalized spacial score (nSPS) is 22.7. The lowest BCUT2D eigenvalue weighted by atomic mass is 10.1. The molecule has 2 atom stereocenters. The molecule has 2 unspecified atom stereocenters. The molecular formula is C13H20N2O2S. The third-order valence-electron chi connectivity index (χ3n) is 3.20. The van der Waals surface area contributed by atoms with E-state index in [0.29, 0.717) is 13.1 Å². The zero-order chi connectivity index (χ0) is 13.0. The summed E-state index contributed by atoms with van der Waals surface area (Å²) < 4.78 is 0. The molecule has 100 valence electrons. The van der Waals surface area contributed by atoms with Crippen molar-refractivity contribution in [3.8, 4) is 0 Å². The van der Waals surface area contributed by atoms with E-state index in [9.17, 15) is 9.90 Å². The van der Waals surface area contributed by atoms with Crippen LogP contribution < -0.4 is 5.32 Å². The summed E-state index contributed by atoms with van der Waals surface area (Å²) in [6.07, 6.45) is 1.54. The number of aliphatic hydroxyl groups excluding tert-OH is 1.